The second-order valence-electron chi connectivity index (χ2n) is 5.65. The number of thiazole rings is 1. The summed E-state index contributed by atoms with van der Waals surface area (Å²) < 4.78 is 1.65. The van der Waals surface area contributed by atoms with Crippen LogP contribution >= 0.6 is 22.7 Å². The van der Waals surface area contributed by atoms with Crippen molar-refractivity contribution in [2.75, 3.05) is 13.6 Å². The molecule has 4 heterocycles. The Morgan fingerprint density at radius 1 is 1.32 bits per heavy atom. The fourth-order valence-electron chi connectivity index (χ4n) is 2.92. The first-order valence-corrected chi connectivity index (χ1v) is 9.36. The van der Waals surface area contributed by atoms with Crippen molar-refractivity contribution in [2.24, 2.45) is 0 Å². The lowest BCUT2D eigenvalue weighted by Gasteiger charge is -2.27. The van der Waals surface area contributed by atoms with Gasteiger partial charge in [0.2, 0.25) is 0 Å². The van der Waals surface area contributed by atoms with Crippen molar-refractivity contribution < 1.29 is 9.59 Å². The van der Waals surface area contributed by atoms with Gasteiger partial charge in [-0.3, -0.25) is 18.8 Å². The highest BCUT2D eigenvalue weighted by atomic mass is 32.1. The number of hydrogen-bond acceptors (Lipinski definition) is 6. The van der Waals surface area contributed by atoms with Crippen LogP contribution < -0.4 is 10.9 Å². The van der Waals surface area contributed by atoms with Gasteiger partial charge in [0, 0.05) is 42.7 Å². The van der Waals surface area contributed by atoms with Crippen LogP contribution in [-0.4, -0.2) is 39.7 Å². The number of amides is 2. The maximum Gasteiger partial charge on any atom is 0.274 e. The lowest BCUT2D eigenvalue weighted by Crippen LogP contribution is -2.36. The van der Waals surface area contributed by atoms with Crippen LogP contribution in [-0.2, 0) is 13.0 Å². The first-order valence-electron chi connectivity index (χ1n) is 7.66. The van der Waals surface area contributed by atoms with Crippen LogP contribution in [0.2, 0.25) is 0 Å². The van der Waals surface area contributed by atoms with Crippen molar-refractivity contribution in [1.82, 2.24) is 19.6 Å². The highest BCUT2D eigenvalue weighted by molar-refractivity contribution is 7.15. The first-order chi connectivity index (χ1) is 12.1. The average molecular weight is 374 g/mol. The topological polar surface area (TPSA) is 83.8 Å². The van der Waals surface area contributed by atoms with E-state index in [9.17, 15) is 14.4 Å². The molecule has 0 spiro atoms. The predicted molar refractivity (Wildman–Crippen MR) is 95.5 cm³/mol. The van der Waals surface area contributed by atoms with E-state index in [-0.39, 0.29) is 11.8 Å². The molecule has 7 nitrogen and oxygen atoms in total. The monoisotopic (exact) mass is 374 g/mol. The van der Waals surface area contributed by atoms with E-state index in [0.29, 0.717) is 35.0 Å². The van der Waals surface area contributed by atoms with Crippen LogP contribution in [0.15, 0.2) is 28.5 Å². The van der Waals surface area contributed by atoms with Crippen LogP contribution in [0.25, 0.3) is 4.96 Å². The molecule has 128 valence electrons. The summed E-state index contributed by atoms with van der Waals surface area (Å²) in [6, 6.07) is 3.12. The number of carbonyl (C=O) groups excluding carboxylic acids is 2. The number of carbonyl (C=O) groups is 2. The largest absolute Gasteiger partial charge is 0.354 e. The normalized spacial score (nSPS) is 13.7. The number of nitrogens with one attached hydrogen (secondary N) is 1. The van der Waals surface area contributed by atoms with Gasteiger partial charge in [-0.2, -0.15) is 4.98 Å². The molecule has 3 aromatic heterocycles. The third-order valence-electron chi connectivity index (χ3n) is 4.14. The average Bonchev–Trinajstić information content (AvgIpc) is 3.25. The summed E-state index contributed by atoms with van der Waals surface area (Å²) in [4.78, 5) is 44.4. The summed E-state index contributed by atoms with van der Waals surface area (Å²) >= 11 is 2.79. The quantitative estimate of drug-likeness (QED) is 0.734. The van der Waals surface area contributed by atoms with E-state index in [2.05, 4.69) is 10.3 Å². The molecule has 0 saturated carbocycles. The summed E-state index contributed by atoms with van der Waals surface area (Å²) in [5.41, 5.74) is 0.897. The van der Waals surface area contributed by atoms with E-state index < -0.39 is 5.56 Å². The molecule has 0 unspecified atom stereocenters. The summed E-state index contributed by atoms with van der Waals surface area (Å²) in [5.74, 6) is -0.316. The van der Waals surface area contributed by atoms with Crippen molar-refractivity contribution in [3.63, 3.8) is 0 Å². The van der Waals surface area contributed by atoms with Gasteiger partial charge in [0.05, 0.1) is 4.88 Å². The zero-order valence-electron chi connectivity index (χ0n) is 13.3. The Morgan fingerprint density at radius 2 is 2.16 bits per heavy atom. The maximum atomic E-state index is 12.9. The molecular weight excluding hydrogens is 360 g/mol. The van der Waals surface area contributed by atoms with Crippen LogP contribution in [0.5, 0.6) is 0 Å². The summed E-state index contributed by atoms with van der Waals surface area (Å²) in [6.45, 7) is 0.993. The molecule has 9 heteroatoms. The molecule has 0 fully saturated rings. The van der Waals surface area contributed by atoms with Gasteiger partial charge in [-0.1, -0.05) is 0 Å². The van der Waals surface area contributed by atoms with Crippen molar-refractivity contribution in [2.45, 2.75) is 13.0 Å². The van der Waals surface area contributed by atoms with Gasteiger partial charge < -0.3 is 10.2 Å². The number of thiophene rings is 1. The second-order valence-corrected chi connectivity index (χ2v) is 7.66. The molecule has 0 aromatic carbocycles. The van der Waals surface area contributed by atoms with Crippen LogP contribution in [0.4, 0.5) is 0 Å². The Kier molecular flexibility index (Phi) is 3.89. The molecule has 3 aromatic rings. The van der Waals surface area contributed by atoms with Gasteiger partial charge in [-0.05, 0) is 18.1 Å². The zero-order chi connectivity index (χ0) is 17.6. The number of fused-ring (bicyclic) bond motifs is 2. The minimum absolute atomic E-state index is 0.113. The smallest absolute Gasteiger partial charge is 0.274 e. The lowest BCUT2D eigenvalue weighted by atomic mass is 10.1. The van der Waals surface area contributed by atoms with E-state index in [1.165, 1.54) is 28.7 Å². The molecular formula is C16H14N4O3S2. The Hall–Kier alpha value is -2.52. The van der Waals surface area contributed by atoms with Crippen LogP contribution in [0.3, 0.4) is 0 Å². The standard InChI is InChI=1S/C16H14N4O3S2/c1-17-14(22)12-6-9-8-19(3-2-11(9)25-12)15(23)10-7-13(21)18-16-20(10)4-5-24-16/h4-7H,2-3,8H2,1H3,(H,17,22). The van der Waals surface area contributed by atoms with E-state index >= 15 is 0 Å². The third kappa shape index (κ3) is 2.75. The van der Waals surface area contributed by atoms with Crippen LogP contribution in [0.1, 0.15) is 30.6 Å². The summed E-state index contributed by atoms with van der Waals surface area (Å²) in [5, 5.41) is 4.41. The molecule has 0 radical (unpaired) electrons. The Labute approximate surface area is 150 Å². The number of hydrogen-bond donors (Lipinski definition) is 1. The summed E-state index contributed by atoms with van der Waals surface area (Å²) in [6.07, 6.45) is 2.44. The first kappa shape index (κ1) is 16.0. The molecule has 0 atom stereocenters. The van der Waals surface area contributed by atoms with E-state index in [1.807, 2.05) is 6.07 Å². The van der Waals surface area contributed by atoms with Crippen molar-refractivity contribution in [1.29, 1.82) is 0 Å². The molecule has 0 saturated heterocycles. The van der Waals surface area contributed by atoms with Crippen molar-refractivity contribution in [3.05, 3.63) is 55.1 Å². The van der Waals surface area contributed by atoms with Crippen molar-refractivity contribution in [3.8, 4) is 0 Å². The van der Waals surface area contributed by atoms with E-state index in [4.69, 9.17) is 0 Å². The minimum Gasteiger partial charge on any atom is -0.354 e. The highest BCUT2D eigenvalue weighted by Crippen LogP contribution is 2.29. The molecule has 1 aliphatic heterocycles. The third-order valence-corrected chi connectivity index (χ3v) is 6.13. The lowest BCUT2D eigenvalue weighted by molar-refractivity contribution is 0.0728. The van der Waals surface area contributed by atoms with Gasteiger partial charge in [0.25, 0.3) is 17.4 Å². The van der Waals surface area contributed by atoms with E-state index in [1.54, 1.807) is 27.9 Å². The van der Waals surface area contributed by atoms with Crippen LogP contribution in [0, 0.1) is 0 Å². The zero-order valence-corrected chi connectivity index (χ0v) is 14.9. The fraction of sp³-hybridized carbons (Fsp3) is 0.250. The SMILES string of the molecule is CNC(=O)c1cc2c(s1)CCN(C(=O)c1cc(=O)nc3sccn13)C2. The minimum atomic E-state index is -0.416. The van der Waals surface area contributed by atoms with Gasteiger partial charge in [0.1, 0.15) is 5.69 Å². The Bertz CT molecular complexity index is 1050. The predicted octanol–water partition coefficient (Wildman–Crippen LogP) is 1.38. The number of rotatable bonds is 2. The van der Waals surface area contributed by atoms with Gasteiger partial charge in [-0.25, -0.2) is 0 Å². The fourth-order valence-corrected chi connectivity index (χ4v) is 4.75. The number of aromatic nitrogens is 2. The highest BCUT2D eigenvalue weighted by Gasteiger charge is 2.26. The summed E-state index contributed by atoms with van der Waals surface area (Å²) in [7, 11) is 1.60. The van der Waals surface area contributed by atoms with E-state index in [0.717, 1.165) is 10.4 Å². The molecule has 25 heavy (non-hydrogen) atoms. The molecule has 0 bridgehead atoms. The second kappa shape index (κ2) is 6.08. The van der Waals surface area contributed by atoms with Gasteiger partial charge >= 0.3 is 0 Å². The van der Waals surface area contributed by atoms with Crippen molar-refractivity contribution >= 4 is 39.4 Å². The molecule has 2 amide bonds. The molecule has 1 aliphatic rings. The molecule has 4 rings (SSSR count). The molecule has 0 aliphatic carbocycles. The molecule has 1 N–H and O–H groups in total. The Balaban J connectivity index is 1.66. The van der Waals surface area contributed by atoms with Gasteiger partial charge in [0.15, 0.2) is 4.96 Å². The maximum absolute atomic E-state index is 12.9. The van der Waals surface area contributed by atoms with Gasteiger partial charge in [-0.15, -0.1) is 22.7 Å². The number of nitrogens with zero attached hydrogens (tertiary/aromatic N) is 3. The Morgan fingerprint density at radius 3 is 2.96 bits per heavy atom.